The zero-order valence-corrected chi connectivity index (χ0v) is 26.8. The van der Waals surface area contributed by atoms with Crippen LogP contribution in [0.15, 0.2) is 55.1 Å². The van der Waals surface area contributed by atoms with Crippen molar-refractivity contribution in [3.63, 3.8) is 0 Å². The Morgan fingerprint density at radius 2 is 1.82 bits per heavy atom. The third-order valence-corrected chi connectivity index (χ3v) is 8.86. The van der Waals surface area contributed by atoms with Gasteiger partial charge in [0.2, 0.25) is 12.6 Å². The summed E-state index contributed by atoms with van der Waals surface area (Å²) >= 11 is 7.52. The Kier molecular flexibility index (Phi) is 11.3. The molecule has 0 aliphatic carbocycles. The number of rotatable bonds is 12. The Morgan fingerprint density at radius 1 is 1.18 bits per heavy atom. The third-order valence-electron chi connectivity index (χ3n) is 7.27. The average Bonchev–Trinajstić information content (AvgIpc) is 3.44. The van der Waals surface area contributed by atoms with E-state index in [1.54, 1.807) is 52.3 Å². The fourth-order valence-corrected chi connectivity index (χ4v) is 4.97. The molecule has 10 nitrogen and oxygen atoms in total. The first kappa shape index (κ1) is 35.2. The maximum absolute atomic E-state index is 13.2. The number of aliphatic hydroxyl groups is 1. The molecule has 3 rings (SSSR count). The summed E-state index contributed by atoms with van der Waals surface area (Å²) in [6, 6.07) is 9.22. The van der Waals surface area contributed by atoms with E-state index in [1.165, 1.54) is 57.7 Å². The fraction of sp³-hybridized carbons (Fsp3) is 0.448. The molecule has 2 N–H and O–H groups in total. The van der Waals surface area contributed by atoms with Gasteiger partial charge >= 0.3 is 18.2 Å². The van der Waals surface area contributed by atoms with E-state index < -0.39 is 40.4 Å². The van der Waals surface area contributed by atoms with E-state index in [1.807, 2.05) is 0 Å². The Bertz CT molecular complexity index is 1450. The lowest BCUT2D eigenvalue weighted by Crippen LogP contribution is -2.48. The number of hydrogen-bond acceptors (Lipinski definition) is 8. The van der Waals surface area contributed by atoms with Crippen LogP contribution in [-0.2, 0) is 39.2 Å². The summed E-state index contributed by atoms with van der Waals surface area (Å²) in [6.45, 7) is 5.04. The van der Waals surface area contributed by atoms with Gasteiger partial charge in [-0.1, -0.05) is 29.8 Å². The van der Waals surface area contributed by atoms with Crippen LogP contribution in [0.3, 0.4) is 0 Å². The molecule has 0 bridgehead atoms. The maximum atomic E-state index is 13.2. The number of nitrogens with zero attached hydrogens (tertiary/aromatic N) is 4. The van der Waals surface area contributed by atoms with Crippen molar-refractivity contribution in [3.8, 4) is 0 Å². The molecule has 1 amide bonds. The first-order valence-electron chi connectivity index (χ1n) is 13.4. The number of ether oxygens (including phenoxy) is 2. The molecule has 240 valence electrons. The van der Waals surface area contributed by atoms with Crippen molar-refractivity contribution >= 4 is 41.1 Å². The summed E-state index contributed by atoms with van der Waals surface area (Å²) in [5, 5.41) is 19.3. The van der Waals surface area contributed by atoms with Crippen LogP contribution in [0.25, 0.3) is 0 Å². The molecular weight excluding hydrogens is 623 g/mol. The van der Waals surface area contributed by atoms with E-state index in [4.69, 9.17) is 21.1 Å². The number of nitrogens with one attached hydrogen (secondary N) is 1. The van der Waals surface area contributed by atoms with Crippen LogP contribution < -0.4 is 14.8 Å². The van der Waals surface area contributed by atoms with Gasteiger partial charge in [0.25, 0.3) is 6.33 Å². The summed E-state index contributed by atoms with van der Waals surface area (Å²) in [5.74, 6) is -0.466. The number of carbonyl (C=O) groups excluding carboxylic acids is 2. The highest BCUT2D eigenvalue weighted by atomic mass is 35.5. The number of likely N-dealkylation sites (N-methyl/N-ethyl adjacent to an activating group) is 1. The van der Waals surface area contributed by atoms with Crippen molar-refractivity contribution in [3.05, 3.63) is 76.8 Å². The molecule has 0 spiro atoms. The number of aromatic nitrogens is 3. The summed E-state index contributed by atoms with van der Waals surface area (Å²) in [7, 11) is 3.11. The van der Waals surface area contributed by atoms with Crippen molar-refractivity contribution in [1.29, 1.82) is 0 Å². The SMILES string of the molecule is CNCC(=O)OCc1ccc(Cl)cc1N(C)C(=O)OC(C)[n+]1cnn(CC(O)(c2ccc(C(F)(F)F)cc2)C(C)(C)SC)c1. The lowest BCUT2D eigenvalue weighted by Gasteiger charge is -2.40. The monoisotopic (exact) mass is 658 g/mol. The minimum Gasteiger partial charge on any atom is -0.460 e. The number of esters is 1. The quantitative estimate of drug-likeness (QED) is 0.208. The first-order chi connectivity index (χ1) is 20.5. The fourth-order valence-electron chi connectivity index (χ4n) is 4.29. The number of hydrogen-bond donors (Lipinski definition) is 2. The molecule has 0 fully saturated rings. The number of benzene rings is 2. The van der Waals surface area contributed by atoms with Crippen molar-refractivity contribution in [2.45, 2.75) is 56.7 Å². The van der Waals surface area contributed by atoms with Gasteiger partial charge in [0.15, 0.2) is 0 Å². The van der Waals surface area contributed by atoms with Crippen molar-refractivity contribution < 1.29 is 41.9 Å². The first-order valence-corrected chi connectivity index (χ1v) is 15.0. The second kappa shape index (κ2) is 14.2. The summed E-state index contributed by atoms with van der Waals surface area (Å²) in [4.78, 5) is 26.1. The zero-order chi connectivity index (χ0) is 32.9. The molecule has 1 aromatic heterocycles. The maximum Gasteiger partial charge on any atom is 0.416 e. The Labute approximate surface area is 263 Å². The lowest BCUT2D eigenvalue weighted by atomic mass is 9.82. The molecule has 15 heteroatoms. The largest absolute Gasteiger partial charge is 0.460 e. The van der Waals surface area contributed by atoms with Gasteiger partial charge < -0.3 is 19.9 Å². The molecule has 2 aromatic carbocycles. The molecular formula is C29H36ClF3N5O5S+. The van der Waals surface area contributed by atoms with Gasteiger partial charge in [-0.05, 0) is 57.0 Å². The topological polar surface area (TPSA) is 110 Å². The van der Waals surface area contributed by atoms with Crippen LogP contribution in [0.5, 0.6) is 0 Å². The van der Waals surface area contributed by atoms with Gasteiger partial charge in [0.05, 0.1) is 17.8 Å². The highest BCUT2D eigenvalue weighted by molar-refractivity contribution is 8.00. The molecule has 1 heterocycles. The molecule has 0 radical (unpaired) electrons. The number of amides is 1. The van der Waals surface area contributed by atoms with Gasteiger partial charge in [-0.2, -0.15) is 29.5 Å². The molecule has 44 heavy (non-hydrogen) atoms. The molecule has 0 aliphatic heterocycles. The van der Waals surface area contributed by atoms with E-state index in [2.05, 4.69) is 10.4 Å². The van der Waals surface area contributed by atoms with Crippen LogP contribution in [-0.4, -0.2) is 58.6 Å². The van der Waals surface area contributed by atoms with Crippen molar-refractivity contribution in [2.75, 3.05) is 31.8 Å². The predicted molar refractivity (Wildman–Crippen MR) is 160 cm³/mol. The van der Waals surface area contributed by atoms with E-state index in [0.717, 1.165) is 12.1 Å². The molecule has 3 aromatic rings. The van der Waals surface area contributed by atoms with Crippen LogP contribution >= 0.6 is 23.4 Å². The predicted octanol–water partition coefficient (Wildman–Crippen LogP) is 4.93. The minimum atomic E-state index is -4.51. The van der Waals surface area contributed by atoms with Crippen LogP contribution in [0, 0.1) is 0 Å². The van der Waals surface area contributed by atoms with E-state index in [9.17, 15) is 27.9 Å². The zero-order valence-electron chi connectivity index (χ0n) is 25.2. The summed E-state index contributed by atoms with van der Waals surface area (Å²) < 4.78 is 52.5. The van der Waals surface area contributed by atoms with E-state index in [-0.39, 0.29) is 19.7 Å². The number of carbonyl (C=O) groups is 2. The molecule has 0 saturated carbocycles. The molecule has 0 aliphatic rings. The minimum absolute atomic E-state index is 0.0275. The third kappa shape index (κ3) is 8.23. The number of thioether (sulfide) groups is 1. The Morgan fingerprint density at radius 3 is 2.41 bits per heavy atom. The Balaban J connectivity index is 1.78. The van der Waals surface area contributed by atoms with Gasteiger partial charge in [0.1, 0.15) is 18.8 Å². The highest BCUT2D eigenvalue weighted by Gasteiger charge is 2.47. The van der Waals surface area contributed by atoms with Gasteiger partial charge in [-0.15, -0.1) is 4.68 Å². The highest BCUT2D eigenvalue weighted by Crippen LogP contribution is 2.43. The normalized spacial score (nSPS) is 14.1. The van der Waals surface area contributed by atoms with Crippen molar-refractivity contribution in [2.24, 2.45) is 0 Å². The standard InChI is InChI=1S/C29H36ClF3N5O5S/c1-19(43-26(40)36(5)24-13-23(30)12-7-20(24)15-42-25(39)14-34-4)37-17-35-38(18-37)16-28(41,27(2,3)44-6)21-8-10-22(11-9-21)29(31,32)33/h7-13,17-19,34,41H,14-16H2,1-6H3/q+1. The van der Waals surface area contributed by atoms with Gasteiger partial charge in [-0.3, -0.25) is 9.69 Å². The van der Waals surface area contributed by atoms with Crippen LogP contribution in [0.4, 0.5) is 23.7 Å². The summed E-state index contributed by atoms with van der Waals surface area (Å²) in [5.41, 5.74) is -1.23. The van der Waals surface area contributed by atoms with E-state index >= 15 is 0 Å². The number of alkyl halides is 3. The number of halogens is 4. The molecule has 2 unspecified atom stereocenters. The van der Waals surface area contributed by atoms with E-state index in [0.29, 0.717) is 21.8 Å². The van der Waals surface area contributed by atoms with Crippen molar-refractivity contribution in [1.82, 2.24) is 15.1 Å². The van der Waals surface area contributed by atoms with Gasteiger partial charge in [0, 0.05) is 34.4 Å². The van der Waals surface area contributed by atoms with Crippen LogP contribution in [0.1, 0.15) is 43.7 Å². The van der Waals surface area contributed by atoms with Gasteiger partial charge in [-0.25, -0.2) is 4.79 Å². The molecule has 2 atom stereocenters. The van der Waals surface area contributed by atoms with Crippen LogP contribution in [0.2, 0.25) is 5.02 Å². The average molecular weight is 659 g/mol. The molecule has 0 saturated heterocycles. The second-order valence-electron chi connectivity index (χ2n) is 10.5. The second-order valence-corrected chi connectivity index (χ2v) is 12.4. The Hall–Kier alpha value is -3.33. The lowest BCUT2D eigenvalue weighted by molar-refractivity contribution is -0.753. The smallest absolute Gasteiger partial charge is 0.416 e. The number of anilines is 1. The summed E-state index contributed by atoms with van der Waals surface area (Å²) in [6.07, 6.45) is -1.35.